The van der Waals surface area contributed by atoms with Crippen LogP contribution in [0.25, 0.3) is 17.2 Å². The smallest absolute Gasteiger partial charge is 0.328 e. The minimum atomic E-state index is -0.962. The summed E-state index contributed by atoms with van der Waals surface area (Å²) >= 11 is 0. The third-order valence-electron chi connectivity index (χ3n) is 7.96. The molecule has 4 aliphatic carbocycles. The van der Waals surface area contributed by atoms with Crippen LogP contribution in [0.4, 0.5) is 0 Å². The Kier molecular flexibility index (Phi) is 6.17. The lowest BCUT2D eigenvalue weighted by Crippen LogP contribution is -2.48. The average Bonchev–Trinajstić information content (AvgIpc) is 2.82. The summed E-state index contributed by atoms with van der Waals surface area (Å²) < 4.78 is 6.13. The van der Waals surface area contributed by atoms with Crippen molar-refractivity contribution in [2.45, 2.75) is 50.4 Å². The van der Waals surface area contributed by atoms with Gasteiger partial charge in [-0.2, -0.15) is 0 Å². The van der Waals surface area contributed by atoms with Crippen LogP contribution in [0.15, 0.2) is 48.5 Å². The largest absolute Gasteiger partial charge is 0.493 e. The molecule has 0 heterocycles. The fourth-order valence-electron chi connectivity index (χ4n) is 6.95. The highest BCUT2D eigenvalue weighted by Gasteiger charge is 2.52. The standard InChI is InChI=1S/C28H31NO5/c30-26(29-33)9-10-34-25-7-6-23(22-4-1-18(2-5-22)3-8-27(31)32)14-24(25)28-15-19-11-20(16-28)13-21(12-19)17-28/h1-8,14,19-21,33H,9-13,15-17H2,(H,29,30)(H,31,32). The van der Waals surface area contributed by atoms with E-state index in [1.54, 1.807) is 11.6 Å². The van der Waals surface area contributed by atoms with E-state index in [-0.39, 0.29) is 18.4 Å². The van der Waals surface area contributed by atoms with Crippen molar-refractivity contribution in [3.63, 3.8) is 0 Å². The molecule has 6 nitrogen and oxygen atoms in total. The number of nitrogens with one attached hydrogen (secondary N) is 1. The second-order valence-electron chi connectivity index (χ2n) is 10.3. The number of carbonyl (C=O) groups excluding carboxylic acids is 1. The van der Waals surface area contributed by atoms with Crippen LogP contribution < -0.4 is 10.2 Å². The molecule has 6 rings (SSSR count). The first kappa shape index (κ1) is 22.7. The van der Waals surface area contributed by atoms with Crippen LogP contribution in [-0.4, -0.2) is 28.8 Å². The summed E-state index contributed by atoms with van der Waals surface area (Å²) in [5.74, 6) is 1.81. The molecule has 0 atom stereocenters. The molecule has 0 saturated heterocycles. The van der Waals surface area contributed by atoms with Gasteiger partial charge >= 0.3 is 5.97 Å². The van der Waals surface area contributed by atoms with Crippen LogP contribution >= 0.6 is 0 Å². The highest BCUT2D eigenvalue weighted by molar-refractivity contribution is 5.85. The van der Waals surface area contributed by atoms with E-state index in [2.05, 4.69) is 6.07 Å². The summed E-state index contributed by atoms with van der Waals surface area (Å²) in [6.07, 6.45) is 10.5. The monoisotopic (exact) mass is 461 g/mol. The summed E-state index contributed by atoms with van der Waals surface area (Å²) in [6.45, 7) is 0.218. The quantitative estimate of drug-likeness (QED) is 0.286. The highest BCUT2D eigenvalue weighted by Crippen LogP contribution is 2.62. The van der Waals surface area contributed by atoms with Crippen LogP contribution in [0.5, 0.6) is 5.75 Å². The molecule has 0 spiro atoms. The van der Waals surface area contributed by atoms with E-state index in [1.165, 1.54) is 44.1 Å². The lowest BCUT2D eigenvalue weighted by Gasteiger charge is -2.57. The molecule has 0 aromatic heterocycles. The highest BCUT2D eigenvalue weighted by atomic mass is 16.5. The Hall–Kier alpha value is -3.12. The van der Waals surface area contributed by atoms with Crippen molar-refractivity contribution in [2.75, 3.05) is 6.61 Å². The Morgan fingerprint density at radius 2 is 1.59 bits per heavy atom. The molecule has 1 amide bonds. The number of hydrogen-bond acceptors (Lipinski definition) is 4. The fraction of sp³-hybridized carbons (Fsp3) is 0.429. The Labute approximate surface area is 199 Å². The molecule has 0 unspecified atom stereocenters. The minimum absolute atomic E-state index is 0.101. The third kappa shape index (κ3) is 4.60. The van der Waals surface area contributed by atoms with E-state index in [1.807, 2.05) is 36.4 Å². The number of carboxylic acid groups (broad SMARTS) is 1. The van der Waals surface area contributed by atoms with Gasteiger partial charge in [0.2, 0.25) is 5.91 Å². The number of hydroxylamine groups is 1. The normalized spacial score (nSPS) is 27.1. The van der Waals surface area contributed by atoms with Crippen molar-refractivity contribution in [1.82, 2.24) is 5.48 Å². The van der Waals surface area contributed by atoms with Crippen molar-refractivity contribution >= 4 is 18.0 Å². The third-order valence-corrected chi connectivity index (χ3v) is 7.96. The first-order valence-electron chi connectivity index (χ1n) is 12.2. The van der Waals surface area contributed by atoms with Crippen LogP contribution in [0, 0.1) is 17.8 Å². The van der Waals surface area contributed by atoms with Crippen LogP contribution in [0.1, 0.15) is 56.1 Å². The van der Waals surface area contributed by atoms with Gasteiger partial charge in [0.25, 0.3) is 0 Å². The Bertz CT molecular complexity index is 1070. The van der Waals surface area contributed by atoms with Gasteiger partial charge in [0.1, 0.15) is 5.75 Å². The van der Waals surface area contributed by atoms with E-state index >= 15 is 0 Å². The van der Waals surface area contributed by atoms with E-state index in [4.69, 9.17) is 15.1 Å². The second kappa shape index (κ2) is 9.26. The van der Waals surface area contributed by atoms with Crippen molar-refractivity contribution in [2.24, 2.45) is 17.8 Å². The number of carboxylic acids is 1. The van der Waals surface area contributed by atoms with E-state index < -0.39 is 11.9 Å². The number of aliphatic carboxylic acids is 1. The zero-order chi connectivity index (χ0) is 23.7. The lowest BCUT2D eigenvalue weighted by atomic mass is 9.48. The molecule has 4 fully saturated rings. The molecule has 34 heavy (non-hydrogen) atoms. The summed E-state index contributed by atoms with van der Waals surface area (Å²) in [4.78, 5) is 22.3. The maximum Gasteiger partial charge on any atom is 0.328 e. The molecular formula is C28H31NO5. The van der Waals surface area contributed by atoms with Crippen molar-refractivity contribution in [3.05, 3.63) is 59.7 Å². The van der Waals surface area contributed by atoms with E-state index in [0.717, 1.165) is 46.3 Å². The number of carbonyl (C=O) groups is 2. The molecule has 0 radical (unpaired) electrons. The maximum atomic E-state index is 11.5. The van der Waals surface area contributed by atoms with Crippen LogP contribution in [-0.2, 0) is 15.0 Å². The van der Waals surface area contributed by atoms with Gasteiger partial charge < -0.3 is 9.84 Å². The molecule has 2 aromatic carbocycles. The molecule has 4 bridgehead atoms. The molecule has 178 valence electrons. The first-order valence-corrected chi connectivity index (χ1v) is 12.2. The Morgan fingerprint density at radius 3 is 2.18 bits per heavy atom. The topological polar surface area (TPSA) is 95.9 Å². The molecule has 0 aliphatic heterocycles. The SMILES string of the molecule is O=C(O)C=Cc1ccc(-c2ccc(OCCC(=O)NO)c(C34CC5CC(CC(C5)C3)C4)c2)cc1. The van der Waals surface area contributed by atoms with Crippen LogP contribution in [0.3, 0.4) is 0 Å². The number of ether oxygens (including phenoxy) is 1. The summed E-state index contributed by atoms with van der Waals surface area (Å²) in [5.41, 5.74) is 6.08. The maximum absolute atomic E-state index is 11.5. The van der Waals surface area contributed by atoms with Gasteiger partial charge in [-0.25, -0.2) is 10.3 Å². The van der Waals surface area contributed by atoms with Gasteiger partial charge in [0.15, 0.2) is 0 Å². The van der Waals surface area contributed by atoms with Crippen molar-refractivity contribution in [1.29, 1.82) is 0 Å². The average molecular weight is 462 g/mol. The molecule has 4 saturated carbocycles. The molecule has 2 aromatic rings. The minimum Gasteiger partial charge on any atom is -0.493 e. The van der Waals surface area contributed by atoms with E-state index in [0.29, 0.717) is 0 Å². The molecular weight excluding hydrogens is 430 g/mol. The zero-order valence-corrected chi connectivity index (χ0v) is 19.2. The summed E-state index contributed by atoms with van der Waals surface area (Å²) in [5, 5.41) is 17.6. The van der Waals surface area contributed by atoms with Crippen LogP contribution in [0.2, 0.25) is 0 Å². The Morgan fingerprint density at radius 1 is 0.971 bits per heavy atom. The van der Waals surface area contributed by atoms with Gasteiger partial charge in [-0.3, -0.25) is 10.0 Å². The number of amides is 1. The second-order valence-corrected chi connectivity index (χ2v) is 10.3. The van der Waals surface area contributed by atoms with E-state index in [9.17, 15) is 9.59 Å². The molecule has 3 N–H and O–H groups in total. The van der Waals surface area contributed by atoms with Gasteiger partial charge in [-0.05, 0) is 96.6 Å². The Balaban J connectivity index is 1.47. The summed E-state index contributed by atoms with van der Waals surface area (Å²) in [6, 6.07) is 14.2. The van der Waals surface area contributed by atoms with Gasteiger partial charge in [0.05, 0.1) is 13.0 Å². The zero-order valence-electron chi connectivity index (χ0n) is 19.2. The fourth-order valence-corrected chi connectivity index (χ4v) is 6.95. The van der Waals surface area contributed by atoms with Gasteiger partial charge in [-0.1, -0.05) is 30.3 Å². The lowest BCUT2D eigenvalue weighted by molar-refractivity contribution is -0.131. The molecule has 4 aliphatic rings. The number of rotatable bonds is 8. The van der Waals surface area contributed by atoms with Gasteiger partial charge in [-0.15, -0.1) is 0 Å². The first-order chi connectivity index (χ1) is 16.4. The molecule has 6 heteroatoms. The van der Waals surface area contributed by atoms with Crippen molar-refractivity contribution in [3.8, 4) is 16.9 Å². The predicted octanol–water partition coefficient (Wildman–Crippen LogP) is 5.19. The summed E-state index contributed by atoms with van der Waals surface area (Å²) in [7, 11) is 0. The number of benzene rings is 2. The van der Waals surface area contributed by atoms with Crippen molar-refractivity contribution < 1.29 is 24.6 Å². The van der Waals surface area contributed by atoms with Gasteiger partial charge in [0, 0.05) is 11.6 Å². The number of hydrogen-bond donors (Lipinski definition) is 3. The predicted molar refractivity (Wildman–Crippen MR) is 128 cm³/mol.